The van der Waals surface area contributed by atoms with Gasteiger partial charge in [-0.3, -0.25) is 4.79 Å². The number of nitrogens with zero attached hydrogens (tertiary/aromatic N) is 4. The predicted octanol–water partition coefficient (Wildman–Crippen LogP) is 2.89. The first-order valence-electron chi connectivity index (χ1n) is 10.1. The number of anilines is 3. The molecule has 0 radical (unpaired) electrons. The van der Waals surface area contributed by atoms with Crippen molar-refractivity contribution in [2.24, 2.45) is 0 Å². The largest absolute Gasteiger partial charge is 0.369 e. The molecule has 7 nitrogen and oxygen atoms in total. The van der Waals surface area contributed by atoms with E-state index in [9.17, 15) is 4.79 Å². The second-order valence-corrected chi connectivity index (χ2v) is 7.23. The lowest BCUT2D eigenvalue weighted by atomic mass is 10.2. The van der Waals surface area contributed by atoms with Crippen molar-refractivity contribution in [3.05, 3.63) is 42.1 Å². The van der Waals surface area contributed by atoms with Crippen molar-refractivity contribution < 1.29 is 4.79 Å². The van der Waals surface area contributed by atoms with E-state index in [1.54, 1.807) is 12.1 Å². The van der Waals surface area contributed by atoms with Gasteiger partial charge < -0.3 is 20.4 Å². The van der Waals surface area contributed by atoms with Gasteiger partial charge in [-0.25, -0.2) is 0 Å². The average molecular weight is 383 g/mol. The summed E-state index contributed by atoms with van der Waals surface area (Å²) >= 11 is 0. The first kappa shape index (κ1) is 20.1. The lowest BCUT2D eigenvalue weighted by Gasteiger charge is -2.34. The van der Waals surface area contributed by atoms with Crippen LogP contribution in [0.25, 0.3) is 0 Å². The minimum Gasteiger partial charge on any atom is -0.369 e. The summed E-state index contributed by atoms with van der Waals surface area (Å²) in [6, 6.07) is 11.8. The van der Waals surface area contributed by atoms with Gasteiger partial charge in [0.25, 0.3) is 5.91 Å². The summed E-state index contributed by atoms with van der Waals surface area (Å²) in [5.74, 6) is 0.446. The van der Waals surface area contributed by atoms with E-state index in [0.29, 0.717) is 18.1 Å². The van der Waals surface area contributed by atoms with Crippen molar-refractivity contribution in [1.29, 1.82) is 0 Å². The van der Waals surface area contributed by atoms with Gasteiger partial charge in [-0.05, 0) is 49.9 Å². The van der Waals surface area contributed by atoms with Crippen LogP contribution in [0.15, 0.2) is 36.4 Å². The van der Waals surface area contributed by atoms with Crippen molar-refractivity contribution in [3.8, 4) is 0 Å². The van der Waals surface area contributed by atoms with Crippen LogP contribution in [0.2, 0.25) is 0 Å². The molecule has 1 aliphatic rings. The maximum atomic E-state index is 12.0. The number of unbranched alkanes of at least 4 members (excludes halogenated alkanes) is 2. The van der Waals surface area contributed by atoms with E-state index in [1.807, 2.05) is 12.1 Å². The van der Waals surface area contributed by atoms with Crippen LogP contribution >= 0.6 is 0 Å². The van der Waals surface area contributed by atoms with Crippen LogP contribution < -0.4 is 15.5 Å². The van der Waals surface area contributed by atoms with Gasteiger partial charge in [-0.1, -0.05) is 19.8 Å². The molecule has 0 aliphatic carbocycles. The minimum absolute atomic E-state index is 0.174. The van der Waals surface area contributed by atoms with Crippen LogP contribution in [-0.2, 0) is 0 Å². The maximum absolute atomic E-state index is 12.0. The second-order valence-electron chi connectivity index (χ2n) is 7.23. The number of aromatic nitrogens is 2. The fourth-order valence-corrected chi connectivity index (χ4v) is 3.16. The van der Waals surface area contributed by atoms with Gasteiger partial charge in [0.15, 0.2) is 11.5 Å². The third-order valence-electron chi connectivity index (χ3n) is 4.97. The van der Waals surface area contributed by atoms with E-state index in [-0.39, 0.29) is 5.91 Å². The molecule has 0 atom stereocenters. The SMILES string of the molecule is CCCCCNC(=O)c1ccc(Nc2ccc(N3CCN(C)CC3)cc2)nn1. The van der Waals surface area contributed by atoms with E-state index in [4.69, 9.17) is 0 Å². The third kappa shape index (κ3) is 5.66. The lowest BCUT2D eigenvalue weighted by Crippen LogP contribution is -2.44. The first-order valence-corrected chi connectivity index (χ1v) is 10.1. The number of benzene rings is 1. The Bertz CT molecular complexity index is 738. The molecule has 1 amide bonds. The molecule has 150 valence electrons. The number of hydrogen-bond acceptors (Lipinski definition) is 6. The van der Waals surface area contributed by atoms with Crippen molar-refractivity contribution in [3.63, 3.8) is 0 Å². The van der Waals surface area contributed by atoms with Crippen molar-refractivity contribution in [2.75, 3.05) is 50.0 Å². The Morgan fingerprint density at radius 2 is 1.75 bits per heavy atom. The van der Waals surface area contributed by atoms with Crippen LogP contribution in [0.4, 0.5) is 17.2 Å². The second kappa shape index (κ2) is 10.0. The Kier molecular flexibility index (Phi) is 7.19. The zero-order valence-corrected chi connectivity index (χ0v) is 16.8. The molecule has 1 aliphatic heterocycles. The Hall–Kier alpha value is -2.67. The molecule has 1 fully saturated rings. The third-order valence-corrected chi connectivity index (χ3v) is 4.97. The molecular weight excluding hydrogens is 352 g/mol. The van der Waals surface area contributed by atoms with Gasteiger partial charge in [0.05, 0.1) is 0 Å². The summed E-state index contributed by atoms with van der Waals surface area (Å²) < 4.78 is 0. The summed E-state index contributed by atoms with van der Waals surface area (Å²) in [5, 5.41) is 14.3. The standard InChI is InChI=1S/C21H30N6O/c1-3-4-5-12-22-21(28)19-10-11-20(25-24-19)23-17-6-8-18(9-7-17)27-15-13-26(2)14-16-27/h6-11H,3-5,12-16H2,1-2H3,(H,22,28)(H,23,25). The number of carbonyl (C=O) groups excluding carboxylic acids is 1. The lowest BCUT2D eigenvalue weighted by molar-refractivity contribution is 0.0947. The zero-order chi connectivity index (χ0) is 19.8. The number of nitrogens with one attached hydrogen (secondary N) is 2. The summed E-state index contributed by atoms with van der Waals surface area (Å²) in [6.45, 7) is 7.10. The fourth-order valence-electron chi connectivity index (χ4n) is 3.16. The van der Waals surface area contributed by atoms with E-state index >= 15 is 0 Å². The topological polar surface area (TPSA) is 73.4 Å². The monoisotopic (exact) mass is 382 g/mol. The molecule has 0 bridgehead atoms. The molecule has 1 aromatic heterocycles. The van der Waals surface area contributed by atoms with Crippen molar-refractivity contribution >= 4 is 23.1 Å². The van der Waals surface area contributed by atoms with Crippen LogP contribution in [0, 0.1) is 0 Å². The fraction of sp³-hybridized carbons (Fsp3) is 0.476. The Morgan fingerprint density at radius 1 is 1.00 bits per heavy atom. The molecule has 2 heterocycles. The molecule has 7 heteroatoms. The number of amides is 1. The minimum atomic E-state index is -0.174. The Labute approximate surface area is 167 Å². The summed E-state index contributed by atoms with van der Waals surface area (Å²) in [7, 11) is 2.16. The molecule has 28 heavy (non-hydrogen) atoms. The summed E-state index contributed by atoms with van der Waals surface area (Å²) in [6.07, 6.45) is 3.23. The summed E-state index contributed by atoms with van der Waals surface area (Å²) in [4.78, 5) is 16.8. The normalized spacial score (nSPS) is 14.7. The molecule has 0 saturated carbocycles. The van der Waals surface area contributed by atoms with Gasteiger partial charge in [0, 0.05) is 44.1 Å². The Morgan fingerprint density at radius 3 is 2.39 bits per heavy atom. The van der Waals surface area contributed by atoms with E-state index in [2.05, 4.69) is 56.7 Å². The molecule has 2 aromatic rings. The van der Waals surface area contributed by atoms with Crippen LogP contribution in [0.1, 0.15) is 36.7 Å². The average Bonchev–Trinajstić information content (AvgIpc) is 2.73. The Balaban J connectivity index is 1.51. The first-order chi connectivity index (χ1) is 13.7. The molecule has 1 saturated heterocycles. The van der Waals surface area contributed by atoms with Gasteiger partial charge in [-0.15, -0.1) is 10.2 Å². The molecule has 2 N–H and O–H groups in total. The van der Waals surface area contributed by atoms with E-state index in [1.165, 1.54) is 5.69 Å². The molecule has 0 spiro atoms. The van der Waals surface area contributed by atoms with Gasteiger partial charge >= 0.3 is 0 Å². The highest BCUT2D eigenvalue weighted by Crippen LogP contribution is 2.21. The van der Waals surface area contributed by atoms with E-state index in [0.717, 1.165) is 51.1 Å². The number of hydrogen-bond donors (Lipinski definition) is 2. The van der Waals surface area contributed by atoms with Crippen molar-refractivity contribution in [1.82, 2.24) is 20.4 Å². The van der Waals surface area contributed by atoms with Gasteiger partial charge in [-0.2, -0.15) is 0 Å². The van der Waals surface area contributed by atoms with Gasteiger partial charge in [0.2, 0.25) is 0 Å². The molecule has 1 aromatic carbocycles. The molecule has 0 unspecified atom stereocenters. The molecule has 3 rings (SSSR count). The number of likely N-dealkylation sites (N-methyl/N-ethyl adjacent to an activating group) is 1. The van der Waals surface area contributed by atoms with E-state index < -0.39 is 0 Å². The number of rotatable bonds is 8. The smallest absolute Gasteiger partial charge is 0.271 e. The van der Waals surface area contributed by atoms with Crippen molar-refractivity contribution in [2.45, 2.75) is 26.2 Å². The summed E-state index contributed by atoms with van der Waals surface area (Å²) in [5.41, 5.74) is 2.52. The highest BCUT2D eigenvalue weighted by atomic mass is 16.1. The molecular formula is C21H30N6O. The quantitative estimate of drug-likeness (QED) is 0.684. The van der Waals surface area contributed by atoms with Crippen LogP contribution in [0.5, 0.6) is 0 Å². The van der Waals surface area contributed by atoms with Crippen LogP contribution in [0.3, 0.4) is 0 Å². The highest BCUT2D eigenvalue weighted by molar-refractivity contribution is 5.92. The predicted molar refractivity (Wildman–Crippen MR) is 113 cm³/mol. The highest BCUT2D eigenvalue weighted by Gasteiger charge is 2.14. The van der Waals surface area contributed by atoms with Crippen LogP contribution in [-0.4, -0.2) is 60.8 Å². The maximum Gasteiger partial charge on any atom is 0.271 e. The number of carbonyl (C=O) groups is 1. The number of piperazine rings is 1. The van der Waals surface area contributed by atoms with Gasteiger partial charge in [0.1, 0.15) is 0 Å². The zero-order valence-electron chi connectivity index (χ0n) is 16.8.